The molecule has 1 amide bonds. The minimum atomic E-state index is -3.11. The lowest BCUT2D eigenvalue weighted by Crippen LogP contribution is -2.23. The first-order chi connectivity index (χ1) is 12.0. The van der Waals surface area contributed by atoms with Gasteiger partial charge in [-0.25, -0.2) is 8.42 Å². The molecule has 2 heterocycles. The first kappa shape index (κ1) is 16.0. The Kier molecular flexibility index (Phi) is 3.68. The number of carbonyl (C=O) groups is 1. The van der Waals surface area contributed by atoms with Crippen LogP contribution in [0.4, 0.5) is 5.69 Å². The van der Waals surface area contributed by atoms with Crippen LogP contribution >= 0.6 is 0 Å². The fourth-order valence-corrected chi connectivity index (χ4v) is 5.00. The van der Waals surface area contributed by atoms with Crippen LogP contribution in [0.25, 0.3) is 21.9 Å². The first-order valence-corrected chi connectivity index (χ1v) is 9.79. The van der Waals surface area contributed by atoms with E-state index in [-0.39, 0.29) is 17.4 Å². The number of hydrogen-bond donors (Lipinski definition) is 1. The summed E-state index contributed by atoms with van der Waals surface area (Å²) in [7, 11) is -1.58. The number of amides is 1. The third-order valence-electron chi connectivity index (χ3n) is 4.56. The standard InChI is InChI=1S/C18H17NO5S/c1-23-17-8-13-12-4-2-3-5-15(12)24-16(13)9-14(17)19-18(20)11-6-7-25(21,22)10-11/h2-5,8-9,11H,6-7,10H2,1H3,(H,19,20). The van der Waals surface area contributed by atoms with Gasteiger partial charge in [0, 0.05) is 16.8 Å². The molecular weight excluding hydrogens is 342 g/mol. The van der Waals surface area contributed by atoms with Gasteiger partial charge in [0.15, 0.2) is 9.84 Å². The maximum Gasteiger partial charge on any atom is 0.228 e. The molecule has 1 atom stereocenters. The van der Waals surface area contributed by atoms with Crippen LogP contribution in [-0.4, -0.2) is 32.9 Å². The van der Waals surface area contributed by atoms with E-state index in [1.807, 2.05) is 30.3 Å². The minimum Gasteiger partial charge on any atom is -0.495 e. The molecule has 1 unspecified atom stereocenters. The van der Waals surface area contributed by atoms with Crippen LogP contribution in [-0.2, 0) is 14.6 Å². The third kappa shape index (κ3) is 2.84. The zero-order valence-electron chi connectivity index (χ0n) is 13.6. The highest BCUT2D eigenvalue weighted by Crippen LogP contribution is 2.36. The fraction of sp³-hybridized carbons (Fsp3) is 0.278. The Labute approximate surface area is 144 Å². The van der Waals surface area contributed by atoms with Gasteiger partial charge >= 0.3 is 0 Å². The molecule has 7 heteroatoms. The molecule has 1 fully saturated rings. The molecule has 1 aliphatic rings. The van der Waals surface area contributed by atoms with Crippen molar-refractivity contribution in [1.82, 2.24) is 0 Å². The van der Waals surface area contributed by atoms with Gasteiger partial charge in [0.2, 0.25) is 5.91 Å². The maximum atomic E-state index is 12.4. The molecule has 25 heavy (non-hydrogen) atoms. The topological polar surface area (TPSA) is 85.6 Å². The van der Waals surface area contributed by atoms with E-state index < -0.39 is 15.8 Å². The van der Waals surface area contributed by atoms with E-state index in [4.69, 9.17) is 9.15 Å². The molecule has 0 bridgehead atoms. The quantitative estimate of drug-likeness (QED) is 0.777. The number of anilines is 1. The minimum absolute atomic E-state index is 0.0603. The molecule has 0 aliphatic carbocycles. The van der Waals surface area contributed by atoms with Crippen LogP contribution in [0.3, 0.4) is 0 Å². The van der Waals surface area contributed by atoms with Gasteiger partial charge in [0.1, 0.15) is 16.9 Å². The zero-order chi connectivity index (χ0) is 17.6. The molecule has 6 nitrogen and oxygen atoms in total. The van der Waals surface area contributed by atoms with Crippen molar-refractivity contribution in [2.45, 2.75) is 6.42 Å². The summed E-state index contributed by atoms with van der Waals surface area (Å²) in [6.07, 6.45) is 0.351. The molecule has 0 radical (unpaired) electrons. The second-order valence-electron chi connectivity index (χ2n) is 6.24. The van der Waals surface area contributed by atoms with Crippen LogP contribution in [0, 0.1) is 5.92 Å². The number of carbonyl (C=O) groups excluding carboxylic acids is 1. The van der Waals surface area contributed by atoms with Crippen molar-refractivity contribution in [2.75, 3.05) is 23.9 Å². The number of para-hydroxylation sites is 1. The van der Waals surface area contributed by atoms with Crippen LogP contribution in [0.5, 0.6) is 5.75 Å². The molecule has 1 saturated heterocycles. The normalized spacial score (nSPS) is 19.3. The van der Waals surface area contributed by atoms with E-state index in [1.165, 1.54) is 7.11 Å². The second kappa shape index (κ2) is 5.77. The van der Waals surface area contributed by atoms with Gasteiger partial charge in [-0.05, 0) is 18.6 Å². The molecular formula is C18H17NO5S. The summed E-state index contributed by atoms with van der Waals surface area (Å²) in [6, 6.07) is 11.2. The van der Waals surface area contributed by atoms with E-state index in [0.717, 1.165) is 16.4 Å². The van der Waals surface area contributed by atoms with Crippen molar-refractivity contribution in [3.8, 4) is 5.75 Å². The number of fused-ring (bicyclic) bond motifs is 3. The second-order valence-corrected chi connectivity index (χ2v) is 8.46. The Balaban J connectivity index is 1.71. The van der Waals surface area contributed by atoms with Crippen molar-refractivity contribution in [3.63, 3.8) is 0 Å². The van der Waals surface area contributed by atoms with Crippen LogP contribution in [0.1, 0.15) is 6.42 Å². The van der Waals surface area contributed by atoms with Crippen molar-refractivity contribution >= 4 is 43.4 Å². The highest BCUT2D eigenvalue weighted by Gasteiger charge is 2.33. The number of sulfone groups is 1. The summed E-state index contributed by atoms with van der Waals surface area (Å²) in [5, 5.41) is 4.65. The van der Waals surface area contributed by atoms with E-state index in [9.17, 15) is 13.2 Å². The molecule has 1 N–H and O–H groups in total. The van der Waals surface area contributed by atoms with Gasteiger partial charge in [0.25, 0.3) is 0 Å². The molecule has 0 spiro atoms. The fourth-order valence-electron chi connectivity index (χ4n) is 3.25. The molecule has 0 saturated carbocycles. The smallest absolute Gasteiger partial charge is 0.228 e. The molecule has 130 valence electrons. The number of hydrogen-bond acceptors (Lipinski definition) is 5. The Morgan fingerprint density at radius 1 is 1.20 bits per heavy atom. The van der Waals surface area contributed by atoms with Crippen LogP contribution in [0.2, 0.25) is 0 Å². The number of benzene rings is 2. The van der Waals surface area contributed by atoms with E-state index in [0.29, 0.717) is 23.4 Å². The average molecular weight is 359 g/mol. The predicted octanol–water partition coefficient (Wildman–Crippen LogP) is 2.97. The van der Waals surface area contributed by atoms with Gasteiger partial charge < -0.3 is 14.5 Å². The number of nitrogens with one attached hydrogen (secondary N) is 1. The van der Waals surface area contributed by atoms with Crippen LogP contribution < -0.4 is 10.1 Å². The van der Waals surface area contributed by atoms with E-state index >= 15 is 0 Å². The lowest BCUT2D eigenvalue weighted by molar-refractivity contribution is -0.119. The summed E-state index contributed by atoms with van der Waals surface area (Å²) in [4.78, 5) is 12.4. The number of methoxy groups -OCH3 is 1. The van der Waals surface area contributed by atoms with E-state index in [2.05, 4.69) is 5.32 Å². The lowest BCUT2D eigenvalue weighted by Gasteiger charge is -2.13. The highest BCUT2D eigenvalue weighted by molar-refractivity contribution is 7.91. The lowest BCUT2D eigenvalue weighted by atomic mass is 10.1. The molecule has 2 aromatic carbocycles. The van der Waals surface area contributed by atoms with Crippen molar-refractivity contribution in [2.24, 2.45) is 5.92 Å². The summed E-state index contributed by atoms with van der Waals surface area (Å²) in [5.74, 6) is -0.372. The van der Waals surface area contributed by atoms with Crippen molar-refractivity contribution in [3.05, 3.63) is 36.4 Å². The molecule has 1 aromatic heterocycles. The monoisotopic (exact) mass is 359 g/mol. The summed E-state index contributed by atoms with van der Waals surface area (Å²) >= 11 is 0. The third-order valence-corrected chi connectivity index (χ3v) is 6.33. The first-order valence-electron chi connectivity index (χ1n) is 7.97. The van der Waals surface area contributed by atoms with E-state index in [1.54, 1.807) is 6.07 Å². The Morgan fingerprint density at radius 2 is 2.00 bits per heavy atom. The maximum absolute atomic E-state index is 12.4. The number of rotatable bonds is 3. The Bertz CT molecular complexity index is 1080. The molecule has 1 aliphatic heterocycles. The molecule has 3 aromatic rings. The average Bonchev–Trinajstić information content (AvgIpc) is 3.13. The SMILES string of the molecule is COc1cc2c(cc1NC(=O)C1CCS(=O)(=O)C1)oc1ccccc12. The highest BCUT2D eigenvalue weighted by atomic mass is 32.2. The summed E-state index contributed by atoms with van der Waals surface area (Å²) in [5.41, 5.74) is 1.87. The van der Waals surface area contributed by atoms with Gasteiger partial charge in [-0.2, -0.15) is 0 Å². The summed E-state index contributed by atoms with van der Waals surface area (Å²) in [6.45, 7) is 0. The van der Waals surface area contributed by atoms with Gasteiger partial charge in [-0.1, -0.05) is 18.2 Å². The van der Waals surface area contributed by atoms with Crippen LogP contribution in [0.15, 0.2) is 40.8 Å². The summed E-state index contributed by atoms with van der Waals surface area (Å²) < 4.78 is 34.4. The van der Waals surface area contributed by atoms with Gasteiger partial charge in [0.05, 0.1) is 30.2 Å². The van der Waals surface area contributed by atoms with Gasteiger partial charge in [-0.3, -0.25) is 4.79 Å². The molecule has 4 rings (SSSR count). The zero-order valence-corrected chi connectivity index (χ0v) is 14.4. The van der Waals surface area contributed by atoms with Crippen molar-refractivity contribution in [1.29, 1.82) is 0 Å². The Morgan fingerprint density at radius 3 is 2.72 bits per heavy atom. The largest absolute Gasteiger partial charge is 0.495 e. The van der Waals surface area contributed by atoms with Gasteiger partial charge in [-0.15, -0.1) is 0 Å². The number of ether oxygens (including phenoxy) is 1. The number of furan rings is 1. The Hall–Kier alpha value is -2.54. The van der Waals surface area contributed by atoms with Crippen molar-refractivity contribution < 1.29 is 22.4 Å². The predicted molar refractivity (Wildman–Crippen MR) is 95.7 cm³/mol.